The molecule has 0 aromatic carbocycles. The average molecular weight is 199 g/mol. The van der Waals surface area contributed by atoms with Gasteiger partial charge in [0.25, 0.3) is 0 Å². The lowest BCUT2D eigenvalue weighted by atomic mass is 9.96. The summed E-state index contributed by atoms with van der Waals surface area (Å²) in [7, 11) is 0. The minimum absolute atomic E-state index is 0.00549. The van der Waals surface area contributed by atoms with E-state index in [1.165, 1.54) is 0 Å². The molecule has 1 atom stereocenters. The topological polar surface area (TPSA) is 21.7 Å². The molecular formula is C11H21NO2. The van der Waals surface area contributed by atoms with Gasteiger partial charge >= 0.3 is 0 Å². The summed E-state index contributed by atoms with van der Waals surface area (Å²) in [5.74, 6) is 0. The van der Waals surface area contributed by atoms with Crippen LogP contribution in [0.2, 0.25) is 0 Å². The summed E-state index contributed by atoms with van der Waals surface area (Å²) >= 11 is 0. The molecule has 2 saturated heterocycles. The maximum absolute atomic E-state index is 5.89. The third kappa shape index (κ3) is 1.95. The van der Waals surface area contributed by atoms with Gasteiger partial charge in [-0.25, -0.2) is 0 Å². The Morgan fingerprint density at radius 3 is 2.57 bits per heavy atom. The van der Waals surface area contributed by atoms with Crippen LogP contribution in [-0.4, -0.2) is 49.0 Å². The van der Waals surface area contributed by atoms with Gasteiger partial charge in [0, 0.05) is 31.7 Å². The highest BCUT2D eigenvalue weighted by Crippen LogP contribution is 2.30. The van der Waals surface area contributed by atoms with Crippen LogP contribution >= 0.6 is 0 Å². The largest absolute Gasteiger partial charge is 0.378 e. The van der Waals surface area contributed by atoms with E-state index in [1.54, 1.807) is 0 Å². The Balaban J connectivity index is 2.03. The molecule has 2 heterocycles. The van der Waals surface area contributed by atoms with Crippen LogP contribution < -0.4 is 0 Å². The van der Waals surface area contributed by atoms with Gasteiger partial charge in [-0.1, -0.05) is 0 Å². The Hall–Kier alpha value is -0.120. The molecule has 0 saturated carbocycles. The first kappa shape index (κ1) is 10.4. The van der Waals surface area contributed by atoms with Gasteiger partial charge in [-0.05, 0) is 20.8 Å². The monoisotopic (exact) mass is 199 g/mol. The van der Waals surface area contributed by atoms with Crippen molar-refractivity contribution >= 4 is 0 Å². The van der Waals surface area contributed by atoms with Crippen molar-refractivity contribution in [3.05, 3.63) is 0 Å². The molecule has 1 spiro atoms. The lowest BCUT2D eigenvalue weighted by Gasteiger charge is -2.45. The predicted octanol–water partition coefficient (Wildman–Crippen LogP) is 1.28. The molecule has 0 bridgehead atoms. The number of ether oxygens (including phenoxy) is 2. The number of nitrogens with zero attached hydrogens (tertiary/aromatic N) is 1. The molecule has 3 heteroatoms. The number of rotatable bonds is 0. The predicted molar refractivity (Wildman–Crippen MR) is 55.4 cm³/mol. The minimum Gasteiger partial charge on any atom is -0.378 e. The minimum atomic E-state index is 0.00549. The highest BCUT2D eigenvalue weighted by molar-refractivity contribution is 4.94. The molecule has 0 amide bonds. The Morgan fingerprint density at radius 2 is 2.00 bits per heavy atom. The maximum Gasteiger partial charge on any atom is 0.106 e. The Bertz CT molecular complexity index is 204. The van der Waals surface area contributed by atoms with E-state index in [0.717, 1.165) is 39.3 Å². The summed E-state index contributed by atoms with van der Waals surface area (Å²) in [6.07, 6.45) is 1.06. The van der Waals surface area contributed by atoms with E-state index >= 15 is 0 Å². The van der Waals surface area contributed by atoms with E-state index in [9.17, 15) is 0 Å². The van der Waals surface area contributed by atoms with Crippen LogP contribution in [0.25, 0.3) is 0 Å². The number of morpholine rings is 1. The third-order valence-electron chi connectivity index (χ3n) is 3.26. The Morgan fingerprint density at radius 1 is 1.21 bits per heavy atom. The zero-order chi connectivity index (χ0) is 10.2. The molecule has 2 rings (SSSR count). The SMILES string of the molecule is CC(C)(C)N1CCO[C@]2(CCOC2)C1. The third-order valence-corrected chi connectivity index (χ3v) is 3.26. The fraction of sp³-hybridized carbons (Fsp3) is 1.00. The van der Waals surface area contributed by atoms with E-state index in [1.807, 2.05) is 0 Å². The van der Waals surface area contributed by atoms with Gasteiger partial charge in [-0.3, -0.25) is 4.90 Å². The molecule has 14 heavy (non-hydrogen) atoms. The molecule has 0 aromatic rings. The van der Waals surface area contributed by atoms with Crippen LogP contribution in [0.5, 0.6) is 0 Å². The van der Waals surface area contributed by atoms with Gasteiger partial charge in [0.1, 0.15) is 5.60 Å². The summed E-state index contributed by atoms with van der Waals surface area (Å²) in [5, 5.41) is 0. The quantitative estimate of drug-likeness (QED) is 0.586. The summed E-state index contributed by atoms with van der Waals surface area (Å²) in [6.45, 7) is 11.4. The highest BCUT2D eigenvalue weighted by atomic mass is 16.6. The van der Waals surface area contributed by atoms with E-state index in [-0.39, 0.29) is 11.1 Å². The summed E-state index contributed by atoms with van der Waals surface area (Å²) in [5.41, 5.74) is 0.255. The number of hydrogen-bond donors (Lipinski definition) is 0. The first-order valence-corrected chi connectivity index (χ1v) is 5.49. The van der Waals surface area contributed by atoms with Crippen LogP contribution in [0.4, 0.5) is 0 Å². The molecule has 2 aliphatic heterocycles. The van der Waals surface area contributed by atoms with E-state index in [2.05, 4.69) is 25.7 Å². The van der Waals surface area contributed by atoms with Crippen LogP contribution in [0.3, 0.4) is 0 Å². The molecule has 0 aliphatic carbocycles. The molecule has 82 valence electrons. The lowest BCUT2D eigenvalue weighted by Crippen LogP contribution is -2.57. The van der Waals surface area contributed by atoms with Crippen LogP contribution in [0.1, 0.15) is 27.2 Å². The van der Waals surface area contributed by atoms with E-state index < -0.39 is 0 Å². The normalized spacial score (nSPS) is 35.4. The standard InChI is InChI=1S/C11H21NO2/c1-10(2,3)12-5-7-14-11(8-12)4-6-13-9-11/h4-9H2,1-3H3/t11-/m1/s1. The first-order valence-electron chi connectivity index (χ1n) is 5.49. The summed E-state index contributed by atoms with van der Waals surface area (Å²) in [4.78, 5) is 2.51. The van der Waals surface area contributed by atoms with Gasteiger partial charge in [0.15, 0.2) is 0 Å². The van der Waals surface area contributed by atoms with Gasteiger partial charge in [-0.15, -0.1) is 0 Å². The first-order chi connectivity index (χ1) is 6.52. The zero-order valence-corrected chi connectivity index (χ0v) is 9.51. The van der Waals surface area contributed by atoms with Crippen molar-refractivity contribution in [2.75, 3.05) is 32.9 Å². The maximum atomic E-state index is 5.89. The van der Waals surface area contributed by atoms with Crippen molar-refractivity contribution < 1.29 is 9.47 Å². The van der Waals surface area contributed by atoms with Gasteiger partial charge in [-0.2, -0.15) is 0 Å². The van der Waals surface area contributed by atoms with E-state index in [4.69, 9.17) is 9.47 Å². The van der Waals surface area contributed by atoms with Crippen molar-refractivity contribution in [2.24, 2.45) is 0 Å². The van der Waals surface area contributed by atoms with Gasteiger partial charge < -0.3 is 9.47 Å². The molecule has 3 nitrogen and oxygen atoms in total. The van der Waals surface area contributed by atoms with Gasteiger partial charge in [0.2, 0.25) is 0 Å². The second-order valence-electron chi connectivity index (χ2n) is 5.43. The highest BCUT2D eigenvalue weighted by Gasteiger charge is 2.42. The Kier molecular flexibility index (Phi) is 2.58. The van der Waals surface area contributed by atoms with Crippen molar-refractivity contribution in [2.45, 2.75) is 38.3 Å². The smallest absolute Gasteiger partial charge is 0.106 e. The zero-order valence-electron chi connectivity index (χ0n) is 9.51. The summed E-state index contributed by atoms with van der Waals surface area (Å²) in [6, 6.07) is 0. The van der Waals surface area contributed by atoms with Gasteiger partial charge in [0.05, 0.1) is 13.2 Å². The second-order valence-corrected chi connectivity index (χ2v) is 5.43. The second kappa shape index (κ2) is 3.47. The van der Waals surface area contributed by atoms with E-state index in [0.29, 0.717) is 0 Å². The molecule has 0 radical (unpaired) electrons. The van der Waals surface area contributed by atoms with Crippen molar-refractivity contribution in [1.29, 1.82) is 0 Å². The average Bonchev–Trinajstić information content (AvgIpc) is 2.52. The molecular weight excluding hydrogens is 178 g/mol. The molecule has 2 aliphatic rings. The van der Waals surface area contributed by atoms with Crippen LogP contribution in [0.15, 0.2) is 0 Å². The molecule has 2 fully saturated rings. The Labute approximate surface area is 86.4 Å². The summed E-state index contributed by atoms with van der Waals surface area (Å²) < 4.78 is 11.3. The number of hydrogen-bond acceptors (Lipinski definition) is 3. The molecule has 0 aromatic heterocycles. The van der Waals surface area contributed by atoms with Crippen molar-refractivity contribution in [1.82, 2.24) is 4.90 Å². The van der Waals surface area contributed by atoms with Crippen molar-refractivity contribution in [3.8, 4) is 0 Å². The molecule has 0 unspecified atom stereocenters. The fourth-order valence-electron chi connectivity index (χ4n) is 2.24. The van der Waals surface area contributed by atoms with Crippen LogP contribution in [0, 0.1) is 0 Å². The van der Waals surface area contributed by atoms with Crippen LogP contribution in [-0.2, 0) is 9.47 Å². The lowest BCUT2D eigenvalue weighted by molar-refractivity contribution is -0.127. The molecule has 0 N–H and O–H groups in total. The van der Waals surface area contributed by atoms with Crippen molar-refractivity contribution in [3.63, 3.8) is 0 Å². The fourth-order valence-corrected chi connectivity index (χ4v) is 2.24.